The van der Waals surface area contributed by atoms with Gasteiger partial charge in [0.1, 0.15) is 6.04 Å². The normalized spacial score (nSPS) is 11.4. The number of carbonyl (C=O) groups is 3. The Balaban J connectivity index is 1.99. The second-order valence-electron chi connectivity index (χ2n) is 5.19. The quantitative estimate of drug-likeness (QED) is 0.834. The molecule has 2 aromatic carbocycles. The number of anilines is 1. The molecule has 0 bridgehead atoms. The third-order valence-electron chi connectivity index (χ3n) is 3.31. The number of carbonyl (C=O) groups excluding carboxylic acids is 3. The zero-order valence-electron chi connectivity index (χ0n) is 13.0. The second kappa shape index (κ2) is 7.35. The molecule has 5 heteroatoms. The maximum Gasteiger partial charge on any atom is 0.251 e. The predicted molar refractivity (Wildman–Crippen MR) is 88.4 cm³/mol. The molecule has 2 aromatic rings. The molecule has 0 spiro atoms. The van der Waals surface area contributed by atoms with Crippen molar-refractivity contribution in [2.45, 2.75) is 19.9 Å². The van der Waals surface area contributed by atoms with Gasteiger partial charge in [-0.3, -0.25) is 14.4 Å². The summed E-state index contributed by atoms with van der Waals surface area (Å²) >= 11 is 0. The number of Topliss-reactive ketones (excluding diaryl/α,β-unsaturated/α-hetero) is 1. The lowest BCUT2D eigenvalue weighted by Crippen LogP contribution is -2.41. The van der Waals surface area contributed by atoms with Gasteiger partial charge in [-0.1, -0.05) is 30.3 Å². The Morgan fingerprint density at radius 2 is 1.57 bits per heavy atom. The van der Waals surface area contributed by atoms with Gasteiger partial charge in [0.2, 0.25) is 5.91 Å². The lowest BCUT2D eigenvalue weighted by Gasteiger charge is -2.14. The van der Waals surface area contributed by atoms with Crippen LogP contribution in [0.1, 0.15) is 34.6 Å². The van der Waals surface area contributed by atoms with E-state index in [0.717, 1.165) is 0 Å². The van der Waals surface area contributed by atoms with Crippen LogP contribution in [0.4, 0.5) is 5.69 Å². The van der Waals surface area contributed by atoms with Crippen LogP contribution in [0.15, 0.2) is 54.6 Å². The molecule has 118 valence electrons. The summed E-state index contributed by atoms with van der Waals surface area (Å²) in [4.78, 5) is 35.5. The summed E-state index contributed by atoms with van der Waals surface area (Å²) in [5.41, 5.74) is 1.53. The number of hydrogen-bond acceptors (Lipinski definition) is 3. The molecule has 0 saturated heterocycles. The summed E-state index contributed by atoms with van der Waals surface area (Å²) < 4.78 is 0. The largest absolute Gasteiger partial charge is 0.341 e. The first-order chi connectivity index (χ1) is 11.0. The molecule has 2 amide bonds. The molecule has 2 rings (SSSR count). The van der Waals surface area contributed by atoms with Crippen molar-refractivity contribution in [3.63, 3.8) is 0 Å². The van der Waals surface area contributed by atoms with Gasteiger partial charge in [-0.25, -0.2) is 0 Å². The van der Waals surface area contributed by atoms with E-state index >= 15 is 0 Å². The smallest absolute Gasteiger partial charge is 0.251 e. The van der Waals surface area contributed by atoms with Gasteiger partial charge in [-0.05, 0) is 38.1 Å². The Hall–Kier alpha value is -2.95. The van der Waals surface area contributed by atoms with E-state index < -0.39 is 6.04 Å². The van der Waals surface area contributed by atoms with Crippen molar-refractivity contribution in [3.05, 3.63) is 65.7 Å². The van der Waals surface area contributed by atoms with Gasteiger partial charge in [0.05, 0.1) is 0 Å². The molecule has 0 aliphatic heterocycles. The van der Waals surface area contributed by atoms with Gasteiger partial charge in [0.25, 0.3) is 5.91 Å². The van der Waals surface area contributed by atoms with Crippen molar-refractivity contribution in [2.24, 2.45) is 0 Å². The van der Waals surface area contributed by atoms with Crippen LogP contribution < -0.4 is 10.6 Å². The Kier molecular flexibility index (Phi) is 5.25. The van der Waals surface area contributed by atoms with Crippen LogP contribution in [-0.4, -0.2) is 23.6 Å². The van der Waals surface area contributed by atoms with E-state index in [9.17, 15) is 14.4 Å². The highest BCUT2D eigenvalue weighted by molar-refractivity contribution is 6.01. The van der Waals surface area contributed by atoms with E-state index in [1.165, 1.54) is 6.92 Å². The third-order valence-corrected chi connectivity index (χ3v) is 3.31. The zero-order valence-corrected chi connectivity index (χ0v) is 13.0. The molecule has 1 unspecified atom stereocenters. The molecule has 5 nitrogen and oxygen atoms in total. The Morgan fingerprint density at radius 1 is 0.913 bits per heavy atom. The highest BCUT2D eigenvalue weighted by Gasteiger charge is 2.16. The summed E-state index contributed by atoms with van der Waals surface area (Å²) in [7, 11) is 0. The van der Waals surface area contributed by atoms with Crippen LogP contribution >= 0.6 is 0 Å². The molecule has 0 saturated carbocycles. The Morgan fingerprint density at radius 3 is 2.22 bits per heavy atom. The first-order valence-corrected chi connectivity index (χ1v) is 7.25. The molecular weight excluding hydrogens is 292 g/mol. The van der Waals surface area contributed by atoms with Gasteiger partial charge >= 0.3 is 0 Å². The zero-order chi connectivity index (χ0) is 16.8. The van der Waals surface area contributed by atoms with Crippen LogP contribution in [0.3, 0.4) is 0 Å². The van der Waals surface area contributed by atoms with E-state index in [2.05, 4.69) is 10.6 Å². The SMILES string of the molecule is CC(=O)c1cccc(NC(=O)C(C)NC(=O)c2ccccc2)c1. The minimum Gasteiger partial charge on any atom is -0.341 e. The number of ketones is 1. The lowest BCUT2D eigenvalue weighted by molar-refractivity contribution is -0.117. The van der Waals surface area contributed by atoms with Crippen molar-refractivity contribution in [3.8, 4) is 0 Å². The number of rotatable bonds is 5. The van der Waals surface area contributed by atoms with Crippen molar-refractivity contribution in [1.82, 2.24) is 5.32 Å². The molecule has 0 aromatic heterocycles. The first-order valence-electron chi connectivity index (χ1n) is 7.25. The fraction of sp³-hybridized carbons (Fsp3) is 0.167. The van der Waals surface area contributed by atoms with Crippen LogP contribution in [0.5, 0.6) is 0 Å². The molecule has 0 heterocycles. The summed E-state index contributed by atoms with van der Waals surface area (Å²) in [6.45, 7) is 3.06. The number of benzene rings is 2. The minimum atomic E-state index is -0.705. The fourth-order valence-electron chi connectivity index (χ4n) is 2.00. The Labute approximate surface area is 134 Å². The van der Waals surface area contributed by atoms with E-state index in [1.54, 1.807) is 55.5 Å². The molecular formula is C18H18N2O3. The van der Waals surface area contributed by atoms with Crippen LogP contribution in [-0.2, 0) is 4.79 Å². The van der Waals surface area contributed by atoms with Crippen LogP contribution in [0.25, 0.3) is 0 Å². The molecule has 0 fully saturated rings. The van der Waals surface area contributed by atoms with Crippen LogP contribution in [0, 0.1) is 0 Å². The first kappa shape index (κ1) is 16.4. The monoisotopic (exact) mass is 310 g/mol. The average molecular weight is 310 g/mol. The maximum atomic E-state index is 12.1. The van der Waals surface area contributed by atoms with Crippen molar-refractivity contribution < 1.29 is 14.4 Å². The molecule has 0 aliphatic carbocycles. The number of amides is 2. The van der Waals surface area contributed by atoms with E-state index in [4.69, 9.17) is 0 Å². The fourth-order valence-corrected chi connectivity index (χ4v) is 2.00. The third kappa shape index (κ3) is 4.51. The highest BCUT2D eigenvalue weighted by Crippen LogP contribution is 2.11. The van der Waals surface area contributed by atoms with E-state index in [1.807, 2.05) is 6.07 Å². The second-order valence-corrected chi connectivity index (χ2v) is 5.19. The molecule has 23 heavy (non-hydrogen) atoms. The van der Waals surface area contributed by atoms with Gasteiger partial charge in [-0.2, -0.15) is 0 Å². The number of nitrogens with one attached hydrogen (secondary N) is 2. The standard InChI is InChI=1S/C18H18N2O3/c1-12(19-18(23)14-7-4-3-5-8-14)17(22)20-16-10-6-9-15(11-16)13(2)21/h3-12H,1-2H3,(H,19,23)(H,20,22). The minimum absolute atomic E-state index is 0.0773. The highest BCUT2D eigenvalue weighted by atomic mass is 16.2. The lowest BCUT2D eigenvalue weighted by atomic mass is 10.1. The molecule has 1 atom stereocenters. The van der Waals surface area contributed by atoms with Crippen molar-refractivity contribution in [2.75, 3.05) is 5.32 Å². The summed E-state index contributed by atoms with van der Waals surface area (Å²) in [6.07, 6.45) is 0. The Bertz CT molecular complexity index is 726. The van der Waals surface area contributed by atoms with E-state index in [0.29, 0.717) is 16.8 Å². The summed E-state index contributed by atoms with van der Waals surface area (Å²) in [5, 5.41) is 5.32. The topological polar surface area (TPSA) is 75.3 Å². The van der Waals surface area contributed by atoms with Gasteiger partial charge in [-0.15, -0.1) is 0 Å². The summed E-state index contributed by atoms with van der Waals surface area (Å²) in [6, 6.07) is 14.6. The molecule has 2 N–H and O–H groups in total. The summed E-state index contributed by atoms with van der Waals surface area (Å²) in [5.74, 6) is -0.743. The van der Waals surface area contributed by atoms with E-state index in [-0.39, 0.29) is 17.6 Å². The predicted octanol–water partition coefficient (Wildman–Crippen LogP) is 2.65. The maximum absolute atomic E-state index is 12.1. The molecule has 0 aliphatic rings. The van der Waals surface area contributed by atoms with Crippen molar-refractivity contribution >= 4 is 23.3 Å². The molecule has 0 radical (unpaired) electrons. The van der Waals surface area contributed by atoms with Crippen LogP contribution in [0.2, 0.25) is 0 Å². The number of hydrogen-bond donors (Lipinski definition) is 2. The van der Waals surface area contributed by atoms with Gasteiger partial charge < -0.3 is 10.6 Å². The average Bonchev–Trinajstić information content (AvgIpc) is 2.55. The van der Waals surface area contributed by atoms with Gasteiger partial charge in [0, 0.05) is 16.8 Å². The van der Waals surface area contributed by atoms with Crippen molar-refractivity contribution in [1.29, 1.82) is 0 Å². The van der Waals surface area contributed by atoms with Gasteiger partial charge in [0.15, 0.2) is 5.78 Å².